The molecular formula is C21H15F3O5. The van der Waals surface area contributed by atoms with Gasteiger partial charge in [0, 0.05) is 5.56 Å². The van der Waals surface area contributed by atoms with E-state index in [0.29, 0.717) is 11.3 Å². The Balaban J connectivity index is 1.56. The van der Waals surface area contributed by atoms with Crippen molar-refractivity contribution in [2.45, 2.75) is 25.1 Å². The van der Waals surface area contributed by atoms with Gasteiger partial charge in [-0.25, -0.2) is 0 Å². The average Bonchev–Trinajstić information content (AvgIpc) is 3.24. The highest BCUT2D eigenvalue weighted by atomic mass is 19.4. The Labute approximate surface area is 163 Å². The van der Waals surface area contributed by atoms with Gasteiger partial charge in [0.1, 0.15) is 11.5 Å². The number of halogens is 3. The fourth-order valence-electron chi connectivity index (χ4n) is 3.32. The molecule has 29 heavy (non-hydrogen) atoms. The van der Waals surface area contributed by atoms with Crippen molar-refractivity contribution in [2.24, 2.45) is 0 Å². The van der Waals surface area contributed by atoms with Crippen molar-refractivity contribution in [3.63, 3.8) is 0 Å². The minimum Gasteiger partial charge on any atom is -0.504 e. The number of aromatic hydroxyl groups is 2. The number of carbonyl (C=O) groups excluding carboxylic acids is 1. The summed E-state index contributed by atoms with van der Waals surface area (Å²) in [4.78, 5) is 12.5. The van der Waals surface area contributed by atoms with E-state index in [4.69, 9.17) is 9.15 Å². The van der Waals surface area contributed by atoms with Gasteiger partial charge in [0.2, 0.25) is 11.5 Å². The van der Waals surface area contributed by atoms with Gasteiger partial charge in [-0.1, -0.05) is 24.3 Å². The van der Waals surface area contributed by atoms with Crippen LogP contribution < -0.4 is 4.74 Å². The molecule has 2 N–H and O–H groups in total. The number of benzene rings is 2. The predicted octanol–water partition coefficient (Wildman–Crippen LogP) is 4.65. The van der Waals surface area contributed by atoms with Crippen LogP contribution in [0.15, 0.2) is 52.9 Å². The lowest BCUT2D eigenvalue weighted by Crippen LogP contribution is -2.22. The Hall–Kier alpha value is -3.42. The minimum absolute atomic E-state index is 0.0230. The van der Waals surface area contributed by atoms with E-state index in [0.717, 1.165) is 0 Å². The van der Waals surface area contributed by atoms with Crippen molar-refractivity contribution in [1.82, 2.24) is 0 Å². The van der Waals surface area contributed by atoms with Crippen LogP contribution in [0.5, 0.6) is 17.2 Å². The molecule has 0 saturated carbocycles. The zero-order valence-corrected chi connectivity index (χ0v) is 14.9. The van der Waals surface area contributed by atoms with Crippen molar-refractivity contribution in [3.05, 3.63) is 65.4 Å². The van der Waals surface area contributed by atoms with Crippen LogP contribution in [0, 0.1) is 0 Å². The van der Waals surface area contributed by atoms with Crippen LogP contribution in [-0.2, 0) is 12.8 Å². The predicted molar refractivity (Wildman–Crippen MR) is 96.1 cm³/mol. The van der Waals surface area contributed by atoms with E-state index in [1.807, 2.05) is 0 Å². The summed E-state index contributed by atoms with van der Waals surface area (Å²) in [5.74, 6) is -0.800. The quantitative estimate of drug-likeness (QED) is 0.619. The summed E-state index contributed by atoms with van der Waals surface area (Å²) in [6.45, 7) is 0. The normalized spacial score (nSPS) is 16.0. The van der Waals surface area contributed by atoms with Crippen LogP contribution >= 0.6 is 0 Å². The molecule has 0 bridgehead atoms. The Bertz CT molecular complexity index is 1080. The van der Waals surface area contributed by atoms with Crippen LogP contribution in [-0.4, -0.2) is 28.3 Å². The van der Waals surface area contributed by atoms with Crippen LogP contribution in [0.4, 0.5) is 13.2 Å². The summed E-state index contributed by atoms with van der Waals surface area (Å²) in [5.41, 5.74) is 0.551. The first-order valence-corrected chi connectivity index (χ1v) is 8.72. The number of alkyl halides is 3. The first-order valence-electron chi connectivity index (χ1n) is 8.72. The fraction of sp³-hybridized carbons (Fsp3) is 0.190. The van der Waals surface area contributed by atoms with Gasteiger partial charge >= 0.3 is 6.18 Å². The summed E-state index contributed by atoms with van der Waals surface area (Å²) in [5, 5.41) is 19.4. The Kier molecular flexibility index (Phi) is 4.49. The summed E-state index contributed by atoms with van der Waals surface area (Å²) in [6, 6.07) is 11.7. The smallest absolute Gasteiger partial charge is 0.393 e. The van der Waals surface area contributed by atoms with Gasteiger partial charge in [-0.15, -0.1) is 0 Å². The van der Waals surface area contributed by atoms with Crippen LogP contribution in [0.2, 0.25) is 0 Å². The van der Waals surface area contributed by atoms with Crippen molar-refractivity contribution in [2.75, 3.05) is 0 Å². The van der Waals surface area contributed by atoms with Crippen molar-refractivity contribution in [3.8, 4) is 28.6 Å². The van der Waals surface area contributed by atoms with E-state index < -0.39 is 30.2 Å². The van der Waals surface area contributed by atoms with Crippen LogP contribution in [0.1, 0.15) is 21.7 Å². The van der Waals surface area contributed by atoms with Gasteiger partial charge in [-0.05, 0) is 29.8 Å². The number of carbonyl (C=O) groups is 1. The Morgan fingerprint density at radius 2 is 1.72 bits per heavy atom. The second-order valence-electron chi connectivity index (χ2n) is 6.70. The molecule has 4 rings (SSSR count). The highest BCUT2D eigenvalue weighted by molar-refractivity contribution is 6.05. The van der Waals surface area contributed by atoms with Gasteiger partial charge in [0.15, 0.2) is 17.6 Å². The van der Waals surface area contributed by atoms with E-state index in [-0.39, 0.29) is 34.8 Å². The molecule has 0 radical (unpaired) electrons. The molecule has 3 aromatic rings. The molecule has 2 aromatic carbocycles. The van der Waals surface area contributed by atoms with Crippen molar-refractivity contribution < 1.29 is 37.3 Å². The first-order chi connectivity index (χ1) is 13.7. The molecule has 5 nitrogen and oxygen atoms in total. The highest BCUT2D eigenvalue weighted by Gasteiger charge is 2.36. The molecule has 1 aliphatic heterocycles. The number of furan rings is 1. The SMILES string of the molecule is O=C1c2ccc(O)c(O)c2OC1Cc1ccc(-c2ccccc2CC(F)(F)F)o1. The fourth-order valence-corrected chi connectivity index (χ4v) is 3.32. The van der Waals surface area contributed by atoms with Crippen LogP contribution in [0.3, 0.4) is 0 Å². The number of phenolic OH excluding ortho intramolecular Hbond substituents is 2. The molecule has 2 heterocycles. The number of rotatable bonds is 4. The molecule has 0 spiro atoms. The molecular weight excluding hydrogens is 389 g/mol. The number of hydrogen-bond donors (Lipinski definition) is 2. The maximum absolute atomic E-state index is 12.8. The standard InChI is InChI=1S/C21H15F3O5/c22-21(23,24)10-11-3-1-2-4-13(11)16-8-5-12(28-16)9-17-18(26)14-6-7-15(25)19(27)20(14)29-17/h1-8,17,25,27H,9-10H2. The molecule has 8 heteroatoms. The molecule has 0 saturated heterocycles. The second-order valence-corrected chi connectivity index (χ2v) is 6.70. The molecule has 1 aromatic heterocycles. The number of ketones is 1. The van der Waals surface area contributed by atoms with E-state index in [1.54, 1.807) is 18.2 Å². The zero-order valence-electron chi connectivity index (χ0n) is 14.9. The van der Waals surface area contributed by atoms with Gasteiger partial charge < -0.3 is 19.4 Å². The summed E-state index contributed by atoms with van der Waals surface area (Å²) < 4.78 is 49.6. The van der Waals surface area contributed by atoms with Crippen molar-refractivity contribution in [1.29, 1.82) is 0 Å². The number of phenols is 2. The maximum Gasteiger partial charge on any atom is 0.393 e. The maximum atomic E-state index is 12.8. The third-order valence-corrected chi connectivity index (χ3v) is 4.65. The number of hydrogen-bond acceptors (Lipinski definition) is 5. The summed E-state index contributed by atoms with van der Waals surface area (Å²) in [7, 11) is 0. The first kappa shape index (κ1) is 18.9. The monoisotopic (exact) mass is 404 g/mol. The molecule has 150 valence electrons. The van der Waals surface area contributed by atoms with Crippen molar-refractivity contribution >= 4 is 5.78 Å². The number of fused-ring (bicyclic) bond motifs is 1. The summed E-state index contributed by atoms with van der Waals surface area (Å²) >= 11 is 0. The molecule has 1 atom stereocenters. The molecule has 1 aliphatic rings. The molecule has 0 fully saturated rings. The average molecular weight is 404 g/mol. The van der Waals surface area contributed by atoms with Gasteiger partial charge in [0.25, 0.3) is 0 Å². The lowest BCUT2D eigenvalue weighted by atomic mass is 10.0. The van der Waals surface area contributed by atoms with E-state index in [1.165, 1.54) is 30.3 Å². The molecule has 1 unspecified atom stereocenters. The van der Waals surface area contributed by atoms with Crippen LogP contribution in [0.25, 0.3) is 11.3 Å². The Morgan fingerprint density at radius 1 is 0.966 bits per heavy atom. The lowest BCUT2D eigenvalue weighted by Gasteiger charge is -2.10. The topological polar surface area (TPSA) is 79.9 Å². The van der Waals surface area contributed by atoms with Gasteiger partial charge in [-0.3, -0.25) is 4.79 Å². The second kappa shape index (κ2) is 6.88. The molecule has 0 amide bonds. The van der Waals surface area contributed by atoms with Gasteiger partial charge in [-0.2, -0.15) is 13.2 Å². The molecule has 0 aliphatic carbocycles. The van der Waals surface area contributed by atoms with E-state index >= 15 is 0 Å². The van der Waals surface area contributed by atoms with E-state index in [2.05, 4.69) is 0 Å². The van der Waals surface area contributed by atoms with Gasteiger partial charge in [0.05, 0.1) is 18.4 Å². The summed E-state index contributed by atoms with van der Waals surface area (Å²) in [6.07, 6.45) is -6.38. The Morgan fingerprint density at radius 3 is 2.48 bits per heavy atom. The third-order valence-electron chi connectivity index (χ3n) is 4.65. The third kappa shape index (κ3) is 3.65. The zero-order chi connectivity index (χ0) is 20.8. The minimum atomic E-state index is -4.35. The highest BCUT2D eigenvalue weighted by Crippen LogP contribution is 2.43. The number of Topliss-reactive ketones (excluding diaryl/α,β-unsaturated/α-hetero) is 1. The lowest BCUT2D eigenvalue weighted by molar-refractivity contribution is -0.127. The number of ether oxygens (including phenoxy) is 1. The largest absolute Gasteiger partial charge is 0.504 e. The van der Waals surface area contributed by atoms with E-state index in [9.17, 15) is 28.2 Å².